The Hall–Kier alpha value is -4.03. The van der Waals surface area contributed by atoms with Crippen molar-refractivity contribution in [1.29, 1.82) is 0 Å². The SMILES string of the molecule is COc1cc(C(=O)N(C)c2ccc(C)cc2OCCCCCC(=O)NN(C)C)ccc1NC(=O)c1ccccc1OCCCN.Cl.Cl. The number of para-hydroxylation sites is 1. The van der Waals surface area contributed by atoms with Crippen molar-refractivity contribution < 1.29 is 28.6 Å². The number of nitrogens with one attached hydrogen (secondary N) is 2. The summed E-state index contributed by atoms with van der Waals surface area (Å²) in [6.45, 7) is 3.31. The summed E-state index contributed by atoms with van der Waals surface area (Å²) >= 11 is 0. The normalized spacial score (nSPS) is 10.3. The van der Waals surface area contributed by atoms with Gasteiger partial charge in [0.2, 0.25) is 5.91 Å². The number of rotatable bonds is 17. The molecule has 4 N–H and O–H groups in total. The fourth-order valence-corrected chi connectivity index (χ4v) is 4.53. The van der Waals surface area contributed by atoms with Crippen molar-refractivity contribution in [3.05, 3.63) is 77.4 Å². The lowest BCUT2D eigenvalue weighted by molar-refractivity contribution is -0.124. The lowest BCUT2D eigenvalue weighted by Crippen LogP contribution is -2.35. The molecule has 11 nitrogen and oxygen atoms in total. The molecule has 3 rings (SSSR count). The van der Waals surface area contributed by atoms with Crippen molar-refractivity contribution in [2.24, 2.45) is 5.73 Å². The van der Waals surface area contributed by atoms with Gasteiger partial charge in [-0.25, -0.2) is 5.01 Å². The van der Waals surface area contributed by atoms with Crippen molar-refractivity contribution in [1.82, 2.24) is 10.4 Å². The minimum atomic E-state index is -0.369. The first-order valence-corrected chi connectivity index (χ1v) is 15.0. The molecule has 0 radical (unpaired) electrons. The molecule has 0 fully saturated rings. The second kappa shape index (κ2) is 21.0. The highest BCUT2D eigenvalue weighted by atomic mass is 35.5. The monoisotopic (exact) mass is 691 g/mol. The number of anilines is 2. The summed E-state index contributed by atoms with van der Waals surface area (Å²) in [5, 5.41) is 4.50. The highest BCUT2D eigenvalue weighted by Gasteiger charge is 2.21. The summed E-state index contributed by atoms with van der Waals surface area (Å²) in [4.78, 5) is 40.1. The number of aryl methyl sites for hydroxylation is 1. The Morgan fingerprint density at radius 3 is 2.21 bits per heavy atom. The summed E-state index contributed by atoms with van der Waals surface area (Å²) in [5.74, 6) is 0.738. The van der Waals surface area contributed by atoms with E-state index in [0.717, 1.165) is 24.8 Å². The quantitative estimate of drug-likeness (QED) is 0.122. The summed E-state index contributed by atoms with van der Waals surface area (Å²) in [5.41, 5.74) is 11.1. The molecule has 0 unspecified atom stereocenters. The summed E-state index contributed by atoms with van der Waals surface area (Å²) in [6, 6.07) is 17.5. The van der Waals surface area contributed by atoms with Gasteiger partial charge in [-0.1, -0.05) is 18.2 Å². The first kappa shape index (κ1) is 41.0. The zero-order valence-electron chi connectivity index (χ0n) is 27.7. The van der Waals surface area contributed by atoms with Crippen LogP contribution >= 0.6 is 24.8 Å². The van der Waals surface area contributed by atoms with Crippen LogP contribution in [0.25, 0.3) is 0 Å². The van der Waals surface area contributed by atoms with E-state index in [1.165, 1.54) is 12.0 Å². The second-order valence-electron chi connectivity index (χ2n) is 10.8. The molecule has 47 heavy (non-hydrogen) atoms. The molecule has 0 bridgehead atoms. The van der Waals surface area contributed by atoms with Crippen molar-refractivity contribution >= 4 is 53.9 Å². The van der Waals surface area contributed by atoms with Gasteiger partial charge >= 0.3 is 0 Å². The number of halogens is 2. The van der Waals surface area contributed by atoms with Crippen LogP contribution in [-0.4, -0.2) is 70.7 Å². The van der Waals surface area contributed by atoms with Gasteiger partial charge in [-0.2, -0.15) is 0 Å². The van der Waals surface area contributed by atoms with E-state index in [0.29, 0.717) is 72.4 Å². The number of methoxy groups -OCH3 is 1. The third kappa shape index (κ3) is 12.6. The average Bonchev–Trinajstić information content (AvgIpc) is 3.02. The second-order valence-corrected chi connectivity index (χ2v) is 10.8. The maximum Gasteiger partial charge on any atom is 0.259 e. The lowest BCUT2D eigenvalue weighted by atomic mass is 10.1. The molecule has 0 aliphatic heterocycles. The lowest BCUT2D eigenvalue weighted by Gasteiger charge is -2.22. The number of hydrazine groups is 1. The van der Waals surface area contributed by atoms with Crippen LogP contribution < -0.4 is 35.6 Å². The van der Waals surface area contributed by atoms with E-state index in [1.54, 1.807) is 68.6 Å². The third-order valence-electron chi connectivity index (χ3n) is 6.87. The fourth-order valence-electron chi connectivity index (χ4n) is 4.53. The van der Waals surface area contributed by atoms with Crippen LogP contribution in [0.4, 0.5) is 11.4 Å². The van der Waals surface area contributed by atoms with Crippen molar-refractivity contribution in [3.8, 4) is 17.2 Å². The number of hydrogen-bond donors (Lipinski definition) is 3. The van der Waals surface area contributed by atoms with Crippen LogP contribution in [0.5, 0.6) is 17.2 Å². The molecule has 0 aliphatic carbocycles. The van der Waals surface area contributed by atoms with Crippen molar-refractivity contribution in [2.45, 2.75) is 39.0 Å². The van der Waals surface area contributed by atoms with E-state index in [4.69, 9.17) is 19.9 Å². The highest BCUT2D eigenvalue weighted by Crippen LogP contribution is 2.32. The molecule has 0 saturated heterocycles. The third-order valence-corrected chi connectivity index (χ3v) is 6.87. The van der Waals surface area contributed by atoms with E-state index in [2.05, 4.69) is 10.7 Å². The number of carbonyl (C=O) groups excluding carboxylic acids is 3. The average molecular weight is 693 g/mol. The molecule has 0 aliphatic rings. The number of hydrogen-bond acceptors (Lipinski definition) is 8. The molecule has 3 amide bonds. The van der Waals surface area contributed by atoms with Crippen LogP contribution in [0.15, 0.2) is 60.7 Å². The Labute approximate surface area is 289 Å². The van der Waals surface area contributed by atoms with E-state index in [-0.39, 0.29) is 42.5 Å². The number of benzene rings is 3. The van der Waals surface area contributed by atoms with Gasteiger partial charge in [-0.05, 0) is 87.2 Å². The Balaban J connectivity index is 0.00000552. The highest BCUT2D eigenvalue weighted by molar-refractivity contribution is 6.09. The predicted octanol–water partition coefficient (Wildman–Crippen LogP) is 5.64. The number of unbranched alkanes of at least 4 members (excludes halogenated alkanes) is 2. The predicted molar refractivity (Wildman–Crippen MR) is 191 cm³/mol. The van der Waals surface area contributed by atoms with Crippen molar-refractivity contribution in [3.63, 3.8) is 0 Å². The Bertz CT molecular complexity index is 1460. The first-order chi connectivity index (χ1) is 21.6. The van der Waals surface area contributed by atoms with Crippen molar-refractivity contribution in [2.75, 3.05) is 58.2 Å². The van der Waals surface area contributed by atoms with E-state index in [9.17, 15) is 14.4 Å². The Kier molecular flexibility index (Phi) is 18.3. The van der Waals surface area contributed by atoms with Gasteiger partial charge in [0.25, 0.3) is 11.8 Å². The topological polar surface area (TPSA) is 135 Å². The van der Waals surface area contributed by atoms with E-state index in [1.807, 2.05) is 25.1 Å². The minimum Gasteiger partial charge on any atom is -0.495 e. The number of nitrogens with two attached hydrogens (primary N) is 1. The largest absolute Gasteiger partial charge is 0.495 e. The Morgan fingerprint density at radius 2 is 1.51 bits per heavy atom. The van der Waals surface area contributed by atoms with Crippen LogP contribution in [0, 0.1) is 6.92 Å². The molecule has 0 spiro atoms. The molecule has 0 heterocycles. The number of ether oxygens (including phenoxy) is 3. The molecular weight excluding hydrogens is 645 g/mol. The molecule has 3 aromatic carbocycles. The number of nitrogens with zero attached hydrogens (tertiary/aromatic N) is 2. The maximum absolute atomic E-state index is 13.6. The number of amides is 3. The summed E-state index contributed by atoms with van der Waals surface area (Å²) in [7, 11) is 6.73. The summed E-state index contributed by atoms with van der Waals surface area (Å²) < 4.78 is 17.4. The molecule has 0 saturated carbocycles. The standard InChI is InChI=1S/C34H45N5O6.2ClH/c1-24-15-18-28(31(22-24)45-20-10-6-7-14-32(40)37-38(2)3)39(4)34(42)25-16-17-27(30(23-25)43-5)36-33(41)26-12-8-9-13-29(26)44-21-11-19-35;;/h8-9,12-13,15-18,22-23H,6-7,10-11,14,19-21,35H2,1-5H3,(H,36,41)(H,37,40);2*1H. The van der Waals surface area contributed by atoms with Gasteiger partial charge in [0.05, 0.1) is 37.3 Å². The van der Waals surface area contributed by atoms with E-state index >= 15 is 0 Å². The molecule has 0 atom stereocenters. The Morgan fingerprint density at radius 1 is 0.809 bits per heavy atom. The van der Waals surface area contributed by atoms with Gasteiger partial charge in [-0.3, -0.25) is 19.8 Å². The van der Waals surface area contributed by atoms with Crippen LogP contribution in [0.2, 0.25) is 0 Å². The zero-order valence-corrected chi connectivity index (χ0v) is 29.3. The van der Waals surface area contributed by atoms with Crippen LogP contribution in [0.3, 0.4) is 0 Å². The maximum atomic E-state index is 13.6. The smallest absolute Gasteiger partial charge is 0.259 e. The summed E-state index contributed by atoms with van der Waals surface area (Å²) in [6.07, 6.45) is 3.49. The van der Waals surface area contributed by atoms with Crippen LogP contribution in [-0.2, 0) is 4.79 Å². The van der Waals surface area contributed by atoms with Gasteiger partial charge in [-0.15, -0.1) is 24.8 Å². The minimum absolute atomic E-state index is 0. The fraction of sp³-hybridized carbons (Fsp3) is 0.382. The van der Waals surface area contributed by atoms with Gasteiger partial charge in [0.1, 0.15) is 17.2 Å². The van der Waals surface area contributed by atoms with Gasteiger partial charge in [0.15, 0.2) is 0 Å². The van der Waals surface area contributed by atoms with Crippen LogP contribution in [0.1, 0.15) is 58.4 Å². The van der Waals surface area contributed by atoms with Gasteiger partial charge in [0, 0.05) is 33.1 Å². The molecule has 13 heteroatoms. The zero-order chi connectivity index (χ0) is 32.8. The molecule has 258 valence electrons. The number of carbonyl (C=O) groups is 3. The molecular formula is C34H47Cl2N5O6. The van der Waals surface area contributed by atoms with Gasteiger partial charge < -0.3 is 30.2 Å². The molecule has 3 aromatic rings. The first-order valence-electron chi connectivity index (χ1n) is 15.0. The molecule has 0 aromatic heterocycles. The van der Waals surface area contributed by atoms with E-state index < -0.39 is 0 Å².